The van der Waals surface area contributed by atoms with E-state index >= 15 is 0 Å². The molecule has 1 rings (SSSR count). The van der Waals surface area contributed by atoms with Crippen LogP contribution in [0.4, 0.5) is 4.79 Å². The Hall–Kier alpha value is -2.09. The predicted molar refractivity (Wildman–Crippen MR) is 68.1 cm³/mol. The molecule has 0 unspecified atom stereocenters. The maximum Gasteiger partial charge on any atom is 0.426 e. The zero-order valence-electron chi connectivity index (χ0n) is 10.6. The molecular formula is C11H14N2O5S. The average Bonchev–Trinajstić information content (AvgIpc) is 2.72. The summed E-state index contributed by atoms with van der Waals surface area (Å²) in [4.78, 5) is 33.7. The fourth-order valence-electron chi connectivity index (χ4n) is 1.05. The van der Waals surface area contributed by atoms with Crippen LogP contribution in [0.2, 0.25) is 0 Å². The van der Waals surface area contributed by atoms with Crippen LogP contribution in [0, 0.1) is 0 Å². The van der Waals surface area contributed by atoms with E-state index in [1.54, 1.807) is 20.8 Å². The minimum Gasteiger partial charge on any atom is -0.477 e. The molecule has 0 aliphatic heterocycles. The maximum atomic E-state index is 11.6. The third kappa shape index (κ3) is 4.96. The van der Waals surface area contributed by atoms with Gasteiger partial charge in [-0.2, -0.15) is 0 Å². The molecule has 0 saturated heterocycles. The Balaban J connectivity index is 2.51. The van der Waals surface area contributed by atoms with Gasteiger partial charge in [0.2, 0.25) is 0 Å². The summed E-state index contributed by atoms with van der Waals surface area (Å²) in [5, 5.41) is 8.71. The van der Waals surface area contributed by atoms with Crippen molar-refractivity contribution in [2.75, 3.05) is 0 Å². The molecule has 7 nitrogen and oxygen atoms in total. The molecule has 2 amide bonds. The Kier molecular flexibility index (Phi) is 4.49. The van der Waals surface area contributed by atoms with Crippen molar-refractivity contribution in [3.05, 3.63) is 21.9 Å². The number of carboxylic acid groups (broad SMARTS) is 1. The highest BCUT2D eigenvalue weighted by atomic mass is 32.1. The van der Waals surface area contributed by atoms with Gasteiger partial charge in [-0.25, -0.2) is 15.0 Å². The smallest absolute Gasteiger partial charge is 0.426 e. The van der Waals surface area contributed by atoms with Gasteiger partial charge < -0.3 is 9.84 Å². The molecule has 19 heavy (non-hydrogen) atoms. The Morgan fingerprint density at radius 2 is 1.74 bits per heavy atom. The molecule has 0 fully saturated rings. The van der Waals surface area contributed by atoms with Gasteiger partial charge in [0, 0.05) is 0 Å². The summed E-state index contributed by atoms with van der Waals surface area (Å²) in [6.07, 6.45) is -0.795. The lowest BCUT2D eigenvalue weighted by Gasteiger charge is -2.19. The SMILES string of the molecule is CC(C)(C)OC(=O)NNC(=O)c1ccc(C(=O)O)s1. The first-order valence-corrected chi connectivity index (χ1v) is 6.13. The number of nitrogens with one attached hydrogen (secondary N) is 2. The lowest BCUT2D eigenvalue weighted by atomic mass is 10.2. The van der Waals surface area contributed by atoms with E-state index in [0.717, 1.165) is 11.3 Å². The number of carbonyl (C=O) groups excluding carboxylic acids is 2. The van der Waals surface area contributed by atoms with Crippen LogP contribution >= 0.6 is 11.3 Å². The molecule has 0 spiro atoms. The number of carboxylic acids is 1. The van der Waals surface area contributed by atoms with E-state index in [1.165, 1.54) is 12.1 Å². The van der Waals surface area contributed by atoms with E-state index in [9.17, 15) is 14.4 Å². The summed E-state index contributed by atoms with van der Waals surface area (Å²) in [7, 11) is 0. The summed E-state index contributed by atoms with van der Waals surface area (Å²) in [6, 6.07) is 2.68. The highest BCUT2D eigenvalue weighted by Gasteiger charge is 2.17. The van der Waals surface area contributed by atoms with Crippen molar-refractivity contribution in [1.29, 1.82) is 0 Å². The first-order valence-electron chi connectivity index (χ1n) is 5.31. The third-order valence-electron chi connectivity index (χ3n) is 1.72. The lowest BCUT2D eigenvalue weighted by Crippen LogP contribution is -2.44. The van der Waals surface area contributed by atoms with Crippen LogP contribution in [-0.4, -0.2) is 28.7 Å². The van der Waals surface area contributed by atoms with E-state index < -0.39 is 23.6 Å². The van der Waals surface area contributed by atoms with Crippen molar-refractivity contribution in [2.45, 2.75) is 26.4 Å². The number of carbonyl (C=O) groups is 3. The Morgan fingerprint density at radius 1 is 1.16 bits per heavy atom. The van der Waals surface area contributed by atoms with Crippen LogP contribution in [0.3, 0.4) is 0 Å². The van der Waals surface area contributed by atoms with Crippen molar-refractivity contribution < 1.29 is 24.2 Å². The topological polar surface area (TPSA) is 105 Å². The molecule has 0 saturated carbocycles. The molecule has 0 aliphatic carbocycles. The molecular weight excluding hydrogens is 272 g/mol. The maximum absolute atomic E-state index is 11.6. The van der Waals surface area contributed by atoms with Crippen molar-refractivity contribution in [3.63, 3.8) is 0 Å². The first-order chi connectivity index (χ1) is 8.69. The fraction of sp³-hybridized carbons (Fsp3) is 0.364. The van der Waals surface area contributed by atoms with Crippen LogP contribution in [0.25, 0.3) is 0 Å². The van der Waals surface area contributed by atoms with Crippen LogP contribution in [0.5, 0.6) is 0 Å². The van der Waals surface area contributed by atoms with Crippen molar-refractivity contribution in [1.82, 2.24) is 10.9 Å². The Morgan fingerprint density at radius 3 is 2.21 bits per heavy atom. The van der Waals surface area contributed by atoms with Gasteiger partial charge in [0.15, 0.2) is 0 Å². The molecule has 3 N–H and O–H groups in total. The van der Waals surface area contributed by atoms with E-state index in [1.807, 2.05) is 0 Å². The molecule has 1 aromatic rings. The number of ether oxygens (including phenoxy) is 1. The Bertz CT molecular complexity index is 503. The highest BCUT2D eigenvalue weighted by molar-refractivity contribution is 7.15. The molecule has 0 aliphatic rings. The molecule has 0 bridgehead atoms. The molecule has 8 heteroatoms. The molecule has 0 aromatic carbocycles. The van der Waals surface area contributed by atoms with Gasteiger partial charge in [-0.3, -0.25) is 10.2 Å². The second-order valence-corrected chi connectivity index (χ2v) is 5.63. The van der Waals surface area contributed by atoms with Gasteiger partial charge in [-0.1, -0.05) is 0 Å². The Labute approximate surface area is 113 Å². The molecule has 0 atom stereocenters. The number of amides is 2. The molecule has 0 radical (unpaired) electrons. The van der Waals surface area contributed by atoms with Crippen molar-refractivity contribution >= 4 is 29.3 Å². The zero-order valence-corrected chi connectivity index (χ0v) is 11.5. The monoisotopic (exact) mass is 286 g/mol. The summed E-state index contributed by atoms with van der Waals surface area (Å²) >= 11 is 0.810. The normalized spacial score (nSPS) is 10.7. The van der Waals surface area contributed by atoms with Gasteiger partial charge in [-0.05, 0) is 32.9 Å². The van der Waals surface area contributed by atoms with Gasteiger partial charge in [0.25, 0.3) is 5.91 Å². The summed E-state index contributed by atoms with van der Waals surface area (Å²) in [5.41, 5.74) is 3.53. The van der Waals surface area contributed by atoms with E-state index in [0.29, 0.717) is 0 Å². The number of aromatic carboxylic acids is 1. The average molecular weight is 286 g/mol. The lowest BCUT2D eigenvalue weighted by molar-refractivity contribution is 0.0483. The van der Waals surface area contributed by atoms with Gasteiger partial charge in [0.1, 0.15) is 10.5 Å². The van der Waals surface area contributed by atoms with E-state index in [4.69, 9.17) is 9.84 Å². The predicted octanol–water partition coefficient (Wildman–Crippen LogP) is 1.62. The second kappa shape index (κ2) is 5.70. The fourth-order valence-corrected chi connectivity index (χ4v) is 1.79. The van der Waals surface area contributed by atoms with Crippen molar-refractivity contribution in [3.8, 4) is 0 Å². The van der Waals surface area contributed by atoms with Crippen LogP contribution in [0.15, 0.2) is 12.1 Å². The largest absolute Gasteiger partial charge is 0.477 e. The molecule has 1 heterocycles. The molecule has 104 valence electrons. The quantitative estimate of drug-likeness (QED) is 0.716. The number of hydrazine groups is 1. The van der Waals surface area contributed by atoms with Crippen LogP contribution in [0.1, 0.15) is 40.1 Å². The van der Waals surface area contributed by atoms with Gasteiger partial charge in [-0.15, -0.1) is 11.3 Å². The summed E-state index contributed by atoms with van der Waals surface area (Å²) < 4.78 is 4.91. The van der Waals surface area contributed by atoms with E-state index in [-0.39, 0.29) is 9.75 Å². The van der Waals surface area contributed by atoms with Gasteiger partial charge in [0.05, 0.1) is 4.88 Å². The minimum absolute atomic E-state index is 0.0439. The first kappa shape index (κ1) is 15.0. The van der Waals surface area contributed by atoms with Crippen LogP contribution < -0.4 is 10.9 Å². The van der Waals surface area contributed by atoms with Crippen LogP contribution in [-0.2, 0) is 4.74 Å². The summed E-state index contributed by atoms with van der Waals surface area (Å²) in [5.74, 6) is -1.72. The van der Waals surface area contributed by atoms with Crippen molar-refractivity contribution in [2.24, 2.45) is 0 Å². The second-order valence-electron chi connectivity index (χ2n) is 4.55. The standard InChI is InChI=1S/C11H14N2O5S/c1-11(2,3)18-10(17)13-12-8(14)6-4-5-7(19-6)9(15)16/h4-5H,1-3H3,(H,12,14)(H,13,17)(H,15,16). The van der Waals surface area contributed by atoms with Gasteiger partial charge >= 0.3 is 12.1 Å². The highest BCUT2D eigenvalue weighted by Crippen LogP contribution is 2.15. The zero-order chi connectivity index (χ0) is 14.6. The minimum atomic E-state index is -1.11. The summed E-state index contributed by atoms with van der Waals surface area (Å²) in [6.45, 7) is 5.06. The molecule has 1 aromatic heterocycles. The van der Waals surface area contributed by atoms with E-state index in [2.05, 4.69) is 10.9 Å². The number of thiophene rings is 1. The number of rotatable bonds is 2. The number of hydrogen-bond acceptors (Lipinski definition) is 5. The third-order valence-corrected chi connectivity index (χ3v) is 2.79. The number of hydrogen-bond donors (Lipinski definition) is 3.